The standard InChI is InChI=1S/C20H28N6O/c1-14-5-8-16(17(10-14)27-13-15-6-7-15)11-22-20(21-2)23-12-19-25-24-18-4-3-9-26(18)19/h5,8,10,15H,3-4,6-7,9,11-13H2,1-2H3,(H2,21,22,23). The Bertz CT molecular complexity index is 824. The first-order valence-corrected chi connectivity index (χ1v) is 9.80. The van der Waals surface area contributed by atoms with Crippen LogP contribution in [0.5, 0.6) is 5.75 Å². The number of rotatable bonds is 7. The lowest BCUT2D eigenvalue weighted by Crippen LogP contribution is -2.37. The number of nitrogens with one attached hydrogen (secondary N) is 2. The van der Waals surface area contributed by atoms with E-state index in [4.69, 9.17) is 4.74 Å². The van der Waals surface area contributed by atoms with Gasteiger partial charge in [-0.1, -0.05) is 12.1 Å². The third kappa shape index (κ3) is 4.40. The fourth-order valence-corrected chi connectivity index (χ4v) is 3.34. The van der Waals surface area contributed by atoms with Crippen LogP contribution in [-0.4, -0.2) is 34.4 Å². The largest absolute Gasteiger partial charge is 0.493 e. The van der Waals surface area contributed by atoms with Crippen LogP contribution in [0.3, 0.4) is 0 Å². The lowest BCUT2D eigenvalue weighted by molar-refractivity contribution is 0.296. The van der Waals surface area contributed by atoms with Gasteiger partial charge in [-0.2, -0.15) is 0 Å². The molecule has 7 nitrogen and oxygen atoms in total. The number of guanidine groups is 1. The van der Waals surface area contributed by atoms with E-state index in [-0.39, 0.29) is 0 Å². The number of aryl methyl sites for hydroxylation is 2. The second-order valence-electron chi connectivity index (χ2n) is 7.43. The molecule has 1 saturated carbocycles. The predicted octanol–water partition coefficient (Wildman–Crippen LogP) is 2.19. The van der Waals surface area contributed by atoms with Crippen molar-refractivity contribution in [3.05, 3.63) is 41.0 Å². The Morgan fingerprint density at radius 3 is 2.93 bits per heavy atom. The van der Waals surface area contributed by atoms with Crippen molar-refractivity contribution >= 4 is 5.96 Å². The molecule has 144 valence electrons. The number of aromatic nitrogens is 3. The number of ether oxygens (including phenoxy) is 1. The fraction of sp³-hybridized carbons (Fsp3) is 0.550. The van der Waals surface area contributed by atoms with Gasteiger partial charge in [0.1, 0.15) is 11.6 Å². The molecule has 0 amide bonds. The summed E-state index contributed by atoms with van der Waals surface area (Å²) in [6, 6.07) is 6.37. The minimum absolute atomic E-state index is 0.617. The molecule has 0 unspecified atom stereocenters. The highest BCUT2D eigenvalue weighted by Gasteiger charge is 2.22. The van der Waals surface area contributed by atoms with Gasteiger partial charge in [0.05, 0.1) is 13.2 Å². The summed E-state index contributed by atoms with van der Waals surface area (Å²) in [6.07, 6.45) is 4.77. The molecule has 1 fully saturated rings. The molecule has 1 aliphatic carbocycles. The van der Waals surface area contributed by atoms with Gasteiger partial charge in [-0.25, -0.2) is 0 Å². The van der Waals surface area contributed by atoms with Gasteiger partial charge in [-0.15, -0.1) is 10.2 Å². The summed E-state index contributed by atoms with van der Waals surface area (Å²) < 4.78 is 8.25. The van der Waals surface area contributed by atoms with Crippen LogP contribution in [0.1, 0.15) is 42.0 Å². The van der Waals surface area contributed by atoms with Crippen molar-refractivity contribution in [3.8, 4) is 5.75 Å². The molecule has 0 radical (unpaired) electrons. The van der Waals surface area contributed by atoms with Gasteiger partial charge in [0, 0.05) is 32.1 Å². The minimum atomic E-state index is 0.617. The van der Waals surface area contributed by atoms with E-state index in [1.54, 1.807) is 7.05 Å². The number of benzene rings is 1. The smallest absolute Gasteiger partial charge is 0.191 e. The zero-order chi connectivity index (χ0) is 18.6. The first-order valence-electron chi connectivity index (χ1n) is 9.80. The maximum Gasteiger partial charge on any atom is 0.191 e. The minimum Gasteiger partial charge on any atom is -0.493 e. The average Bonchev–Trinajstić information content (AvgIpc) is 3.25. The van der Waals surface area contributed by atoms with E-state index < -0.39 is 0 Å². The van der Waals surface area contributed by atoms with E-state index in [9.17, 15) is 0 Å². The molecule has 0 bridgehead atoms. The number of aliphatic imine (C=N–C) groups is 1. The van der Waals surface area contributed by atoms with Gasteiger partial charge in [0.2, 0.25) is 0 Å². The van der Waals surface area contributed by atoms with E-state index in [0.29, 0.717) is 13.1 Å². The summed E-state index contributed by atoms with van der Waals surface area (Å²) in [5, 5.41) is 15.2. The molecule has 0 atom stereocenters. The molecule has 7 heteroatoms. The van der Waals surface area contributed by atoms with Crippen molar-refractivity contribution in [2.75, 3.05) is 13.7 Å². The van der Waals surface area contributed by atoms with Gasteiger partial charge >= 0.3 is 0 Å². The van der Waals surface area contributed by atoms with Gasteiger partial charge in [-0.3, -0.25) is 4.99 Å². The summed E-state index contributed by atoms with van der Waals surface area (Å²) in [6.45, 7) is 5.21. The normalized spacial score (nSPS) is 16.3. The van der Waals surface area contributed by atoms with E-state index in [2.05, 4.69) is 55.5 Å². The third-order valence-electron chi connectivity index (χ3n) is 5.16. The molecule has 2 N–H and O–H groups in total. The van der Waals surface area contributed by atoms with Crippen molar-refractivity contribution in [1.29, 1.82) is 0 Å². The number of hydrogen-bond acceptors (Lipinski definition) is 4. The second kappa shape index (κ2) is 7.98. The molecule has 1 aromatic carbocycles. The number of nitrogens with zero attached hydrogens (tertiary/aromatic N) is 4. The topological polar surface area (TPSA) is 76.4 Å². The van der Waals surface area contributed by atoms with Crippen LogP contribution in [0.2, 0.25) is 0 Å². The molecule has 0 spiro atoms. The Kier molecular flexibility index (Phi) is 5.27. The van der Waals surface area contributed by atoms with Crippen LogP contribution in [0.15, 0.2) is 23.2 Å². The van der Waals surface area contributed by atoms with Crippen LogP contribution < -0.4 is 15.4 Å². The molecule has 0 saturated heterocycles. The summed E-state index contributed by atoms with van der Waals surface area (Å²) in [5.74, 6) is 4.52. The van der Waals surface area contributed by atoms with Crippen molar-refractivity contribution in [2.24, 2.45) is 10.9 Å². The Balaban J connectivity index is 1.33. The van der Waals surface area contributed by atoms with Crippen molar-refractivity contribution in [2.45, 2.75) is 52.2 Å². The van der Waals surface area contributed by atoms with Crippen LogP contribution in [0.4, 0.5) is 0 Å². The van der Waals surface area contributed by atoms with E-state index >= 15 is 0 Å². The van der Waals surface area contributed by atoms with Gasteiger partial charge in [0.15, 0.2) is 11.8 Å². The molecule has 2 heterocycles. The lowest BCUT2D eigenvalue weighted by Gasteiger charge is -2.15. The maximum absolute atomic E-state index is 6.06. The lowest BCUT2D eigenvalue weighted by atomic mass is 10.1. The van der Waals surface area contributed by atoms with Crippen LogP contribution in [0.25, 0.3) is 0 Å². The van der Waals surface area contributed by atoms with E-state index in [1.165, 1.54) is 18.4 Å². The maximum atomic E-state index is 6.06. The van der Waals surface area contributed by atoms with Crippen LogP contribution in [0, 0.1) is 12.8 Å². The predicted molar refractivity (Wildman–Crippen MR) is 105 cm³/mol. The number of fused-ring (bicyclic) bond motifs is 1. The summed E-state index contributed by atoms with van der Waals surface area (Å²) >= 11 is 0. The quantitative estimate of drug-likeness (QED) is 0.579. The summed E-state index contributed by atoms with van der Waals surface area (Å²) in [7, 11) is 1.78. The zero-order valence-corrected chi connectivity index (χ0v) is 16.2. The first kappa shape index (κ1) is 17.8. The van der Waals surface area contributed by atoms with E-state index in [1.807, 2.05) is 0 Å². The highest BCUT2D eigenvalue weighted by molar-refractivity contribution is 5.79. The zero-order valence-electron chi connectivity index (χ0n) is 16.2. The summed E-state index contributed by atoms with van der Waals surface area (Å²) in [4.78, 5) is 4.32. The molecule has 1 aliphatic heterocycles. The van der Waals surface area contributed by atoms with Crippen LogP contribution >= 0.6 is 0 Å². The van der Waals surface area contributed by atoms with Crippen molar-refractivity contribution in [1.82, 2.24) is 25.4 Å². The molecular weight excluding hydrogens is 340 g/mol. The Labute approximate surface area is 160 Å². The highest BCUT2D eigenvalue weighted by atomic mass is 16.5. The molecular formula is C20H28N6O. The van der Waals surface area contributed by atoms with Crippen LogP contribution in [-0.2, 0) is 26.1 Å². The first-order chi connectivity index (χ1) is 13.2. The Morgan fingerprint density at radius 2 is 2.11 bits per heavy atom. The SMILES string of the molecule is CN=C(NCc1ccc(C)cc1OCC1CC1)NCc1nnc2n1CCC2. The molecule has 1 aromatic heterocycles. The van der Waals surface area contributed by atoms with Gasteiger partial charge < -0.3 is 19.9 Å². The third-order valence-corrected chi connectivity index (χ3v) is 5.16. The second-order valence-corrected chi connectivity index (χ2v) is 7.43. The molecule has 2 aliphatic rings. The number of hydrogen-bond donors (Lipinski definition) is 2. The van der Waals surface area contributed by atoms with Crippen molar-refractivity contribution < 1.29 is 4.74 Å². The van der Waals surface area contributed by atoms with E-state index in [0.717, 1.165) is 60.8 Å². The summed E-state index contributed by atoms with van der Waals surface area (Å²) in [5.41, 5.74) is 2.36. The molecule has 27 heavy (non-hydrogen) atoms. The van der Waals surface area contributed by atoms with Gasteiger partial charge in [0.25, 0.3) is 0 Å². The monoisotopic (exact) mass is 368 g/mol. The van der Waals surface area contributed by atoms with Gasteiger partial charge in [-0.05, 0) is 43.7 Å². The van der Waals surface area contributed by atoms with Crippen molar-refractivity contribution in [3.63, 3.8) is 0 Å². The molecule has 2 aromatic rings. The Morgan fingerprint density at radius 1 is 1.26 bits per heavy atom. The highest BCUT2D eigenvalue weighted by Crippen LogP contribution is 2.30. The Hall–Kier alpha value is -2.57. The fourth-order valence-electron chi connectivity index (χ4n) is 3.34. The molecule has 4 rings (SSSR count). The average molecular weight is 368 g/mol.